The monoisotopic (exact) mass is 301 g/mol. The van der Waals surface area contributed by atoms with E-state index in [1.165, 1.54) is 0 Å². The Morgan fingerprint density at radius 3 is 2.82 bits per heavy atom. The molecule has 0 aliphatic heterocycles. The number of aliphatic carboxylic acids is 1. The average molecular weight is 301 g/mol. The van der Waals surface area contributed by atoms with E-state index >= 15 is 0 Å². The summed E-state index contributed by atoms with van der Waals surface area (Å²) in [4.78, 5) is 25.7. The largest absolute Gasteiger partial charge is 0.481 e. The van der Waals surface area contributed by atoms with Crippen LogP contribution < -0.4 is 0 Å². The highest BCUT2D eigenvalue weighted by Gasteiger charge is 2.35. The molecule has 1 amide bonds. The Labute approximate surface area is 128 Å². The van der Waals surface area contributed by atoms with Crippen LogP contribution in [0.4, 0.5) is 0 Å². The summed E-state index contributed by atoms with van der Waals surface area (Å²) in [5, 5.41) is 16.9. The van der Waals surface area contributed by atoms with Crippen LogP contribution in [0, 0.1) is 12.8 Å². The number of amides is 1. The smallest absolute Gasteiger partial charge is 0.308 e. The lowest BCUT2D eigenvalue weighted by molar-refractivity contribution is -0.141. The third kappa shape index (κ3) is 2.68. The summed E-state index contributed by atoms with van der Waals surface area (Å²) in [6, 6.07) is 3.97. The molecule has 1 saturated carbocycles. The zero-order valence-electron chi connectivity index (χ0n) is 12.7. The normalized spacial score (nSPS) is 15.7. The van der Waals surface area contributed by atoms with Gasteiger partial charge in [-0.05, 0) is 37.5 Å². The summed E-state index contributed by atoms with van der Waals surface area (Å²) in [5.41, 5.74) is 2.26. The third-order valence-corrected chi connectivity index (χ3v) is 4.06. The van der Waals surface area contributed by atoms with Crippen LogP contribution in [0.25, 0.3) is 10.9 Å². The number of benzene rings is 1. The molecular weight excluding hydrogens is 282 g/mol. The summed E-state index contributed by atoms with van der Waals surface area (Å²) >= 11 is 0. The molecule has 1 unspecified atom stereocenters. The van der Waals surface area contributed by atoms with Gasteiger partial charge in [0.05, 0.1) is 23.2 Å². The van der Waals surface area contributed by atoms with Gasteiger partial charge in [0.2, 0.25) is 0 Å². The summed E-state index contributed by atoms with van der Waals surface area (Å²) in [7, 11) is 0. The Kier molecular flexibility index (Phi) is 3.60. The van der Waals surface area contributed by atoms with Crippen LogP contribution in [0.2, 0.25) is 0 Å². The average Bonchev–Trinajstić information content (AvgIpc) is 3.20. The van der Waals surface area contributed by atoms with Crippen LogP contribution in [0.15, 0.2) is 18.3 Å². The number of aryl methyl sites for hydroxylation is 1. The van der Waals surface area contributed by atoms with E-state index in [0.717, 1.165) is 23.8 Å². The molecule has 1 fully saturated rings. The maximum atomic E-state index is 12.9. The predicted octanol–water partition coefficient (Wildman–Crippen LogP) is 2.20. The standard InChI is InChI=1S/C16H19N3O3/c1-9-5-11-7-17-18-14(11)13(6-9)15(20)19(12-3-4-12)8-10(2)16(21)22/h5-7,10,12H,3-4,8H2,1-2H3,(H,17,18)(H,21,22). The number of carboxylic acids is 1. The Morgan fingerprint density at radius 2 is 2.18 bits per heavy atom. The molecule has 2 aromatic rings. The molecule has 1 aliphatic carbocycles. The van der Waals surface area contributed by atoms with Gasteiger partial charge in [0.25, 0.3) is 5.91 Å². The molecule has 0 spiro atoms. The third-order valence-electron chi connectivity index (χ3n) is 4.06. The second kappa shape index (κ2) is 5.44. The number of H-pyrrole nitrogens is 1. The first-order valence-corrected chi connectivity index (χ1v) is 7.45. The molecule has 1 aliphatic rings. The molecule has 1 aromatic heterocycles. The Morgan fingerprint density at radius 1 is 1.45 bits per heavy atom. The van der Waals surface area contributed by atoms with Crippen LogP contribution in [0.1, 0.15) is 35.7 Å². The first-order valence-electron chi connectivity index (χ1n) is 7.45. The van der Waals surface area contributed by atoms with Crippen molar-refractivity contribution in [3.63, 3.8) is 0 Å². The van der Waals surface area contributed by atoms with Crippen molar-refractivity contribution in [1.29, 1.82) is 0 Å². The molecule has 1 atom stereocenters. The van der Waals surface area contributed by atoms with Gasteiger partial charge in [-0.15, -0.1) is 0 Å². The number of aromatic amines is 1. The number of aromatic nitrogens is 2. The number of nitrogens with zero attached hydrogens (tertiary/aromatic N) is 2. The highest BCUT2D eigenvalue weighted by Crippen LogP contribution is 2.30. The first-order chi connectivity index (χ1) is 10.5. The minimum Gasteiger partial charge on any atom is -0.481 e. The lowest BCUT2D eigenvalue weighted by Gasteiger charge is -2.24. The summed E-state index contributed by atoms with van der Waals surface area (Å²) < 4.78 is 0. The van der Waals surface area contributed by atoms with Crippen molar-refractivity contribution in [1.82, 2.24) is 15.1 Å². The van der Waals surface area contributed by atoms with Gasteiger partial charge in [0, 0.05) is 18.0 Å². The van der Waals surface area contributed by atoms with Crippen molar-refractivity contribution in [2.45, 2.75) is 32.7 Å². The molecule has 6 nitrogen and oxygen atoms in total. The van der Waals surface area contributed by atoms with E-state index < -0.39 is 11.9 Å². The van der Waals surface area contributed by atoms with Crippen molar-refractivity contribution < 1.29 is 14.7 Å². The summed E-state index contributed by atoms with van der Waals surface area (Å²) in [5.74, 6) is -1.57. The Bertz CT molecular complexity index is 733. The van der Waals surface area contributed by atoms with Crippen molar-refractivity contribution in [3.8, 4) is 0 Å². The van der Waals surface area contributed by atoms with Gasteiger partial charge in [0.1, 0.15) is 0 Å². The molecule has 0 saturated heterocycles. The van der Waals surface area contributed by atoms with Crippen LogP contribution in [0.3, 0.4) is 0 Å². The quantitative estimate of drug-likeness (QED) is 0.886. The molecule has 22 heavy (non-hydrogen) atoms. The molecule has 0 bridgehead atoms. The van der Waals surface area contributed by atoms with Gasteiger partial charge in [-0.3, -0.25) is 14.7 Å². The second-order valence-electron chi connectivity index (χ2n) is 6.07. The molecule has 3 rings (SSSR count). The van der Waals surface area contributed by atoms with Crippen molar-refractivity contribution in [3.05, 3.63) is 29.5 Å². The molecule has 6 heteroatoms. The topological polar surface area (TPSA) is 86.3 Å². The van der Waals surface area contributed by atoms with Gasteiger partial charge in [0.15, 0.2) is 0 Å². The second-order valence-corrected chi connectivity index (χ2v) is 6.07. The van der Waals surface area contributed by atoms with Gasteiger partial charge in [-0.1, -0.05) is 6.92 Å². The summed E-state index contributed by atoms with van der Waals surface area (Å²) in [6.07, 6.45) is 3.58. The van der Waals surface area contributed by atoms with Crippen molar-refractivity contribution >= 4 is 22.8 Å². The van der Waals surface area contributed by atoms with Crippen LogP contribution in [-0.4, -0.2) is 44.7 Å². The zero-order valence-corrected chi connectivity index (χ0v) is 12.7. The Balaban J connectivity index is 1.95. The number of hydrogen-bond acceptors (Lipinski definition) is 3. The number of nitrogens with one attached hydrogen (secondary N) is 1. The van der Waals surface area contributed by atoms with E-state index in [-0.39, 0.29) is 18.5 Å². The lowest BCUT2D eigenvalue weighted by atomic mass is 10.1. The Hall–Kier alpha value is -2.37. The number of hydrogen-bond donors (Lipinski definition) is 2. The van der Waals surface area contributed by atoms with E-state index in [9.17, 15) is 9.59 Å². The van der Waals surface area contributed by atoms with E-state index in [4.69, 9.17) is 5.11 Å². The van der Waals surface area contributed by atoms with E-state index in [0.29, 0.717) is 11.1 Å². The first kappa shape index (κ1) is 14.6. The van der Waals surface area contributed by atoms with E-state index in [1.807, 2.05) is 19.1 Å². The molecular formula is C16H19N3O3. The van der Waals surface area contributed by atoms with E-state index in [1.54, 1.807) is 18.0 Å². The lowest BCUT2D eigenvalue weighted by Crippen LogP contribution is -2.38. The fourth-order valence-corrected chi connectivity index (χ4v) is 2.69. The van der Waals surface area contributed by atoms with Crippen molar-refractivity contribution in [2.24, 2.45) is 5.92 Å². The van der Waals surface area contributed by atoms with Crippen molar-refractivity contribution in [2.75, 3.05) is 6.54 Å². The molecule has 116 valence electrons. The fourth-order valence-electron chi connectivity index (χ4n) is 2.69. The van der Waals surface area contributed by atoms with Crippen LogP contribution in [-0.2, 0) is 4.79 Å². The number of carbonyl (C=O) groups is 2. The minimum atomic E-state index is -0.880. The molecule has 1 heterocycles. The number of carboxylic acid groups (broad SMARTS) is 1. The maximum absolute atomic E-state index is 12.9. The summed E-state index contributed by atoms with van der Waals surface area (Å²) in [6.45, 7) is 3.81. The predicted molar refractivity (Wildman–Crippen MR) is 81.7 cm³/mol. The van der Waals surface area contributed by atoms with Gasteiger partial charge >= 0.3 is 5.97 Å². The van der Waals surface area contributed by atoms with Gasteiger partial charge in [-0.2, -0.15) is 5.10 Å². The highest BCUT2D eigenvalue weighted by molar-refractivity contribution is 6.06. The SMILES string of the molecule is Cc1cc(C(=O)N(CC(C)C(=O)O)C2CC2)c2[nH]ncc2c1. The minimum absolute atomic E-state index is 0.117. The van der Waals surface area contributed by atoms with E-state index in [2.05, 4.69) is 10.2 Å². The molecule has 2 N–H and O–H groups in total. The van der Waals surface area contributed by atoms with Crippen LogP contribution in [0.5, 0.6) is 0 Å². The van der Waals surface area contributed by atoms with Gasteiger partial charge in [-0.25, -0.2) is 0 Å². The highest BCUT2D eigenvalue weighted by atomic mass is 16.4. The molecule has 0 radical (unpaired) electrons. The number of rotatable bonds is 5. The maximum Gasteiger partial charge on any atom is 0.308 e. The van der Waals surface area contributed by atoms with Gasteiger partial charge < -0.3 is 10.0 Å². The molecule has 1 aromatic carbocycles. The fraction of sp³-hybridized carbons (Fsp3) is 0.438. The van der Waals surface area contributed by atoms with Crippen LogP contribution >= 0.6 is 0 Å². The number of carbonyl (C=O) groups excluding carboxylic acids is 1. The zero-order chi connectivity index (χ0) is 15.9. The number of fused-ring (bicyclic) bond motifs is 1.